The predicted octanol–water partition coefficient (Wildman–Crippen LogP) is 3.71. The molecule has 0 saturated heterocycles. The minimum absolute atomic E-state index is 0.00405. The van der Waals surface area contributed by atoms with E-state index in [9.17, 15) is 4.79 Å². The van der Waals surface area contributed by atoms with Crippen LogP contribution in [0, 0.1) is 20.8 Å². The summed E-state index contributed by atoms with van der Waals surface area (Å²) in [7, 11) is 0. The highest BCUT2D eigenvalue weighted by Gasteiger charge is 2.15. The van der Waals surface area contributed by atoms with Crippen LogP contribution in [0.3, 0.4) is 0 Å². The molecule has 7 heteroatoms. The molecule has 4 rings (SSSR count). The molecule has 0 spiro atoms. The van der Waals surface area contributed by atoms with E-state index in [1.54, 1.807) is 6.07 Å². The lowest BCUT2D eigenvalue weighted by Gasteiger charge is -2.09. The van der Waals surface area contributed by atoms with E-state index in [-0.39, 0.29) is 12.7 Å². The van der Waals surface area contributed by atoms with Gasteiger partial charge in [0.1, 0.15) is 12.4 Å². The van der Waals surface area contributed by atoms with Crippen molar-refractivity contribution in [1.82, 2.24) is 15.1 Å². The van der Waals surface area contributed by atoms with Crippen LogP contribution in [-0.4, -0.2) is 35.6 Å². The first-order valence-electron chi connectivity index (χ1n) is 10.9. The second-order valence-electron chi connectivity index (χ2n) is 8.01. The Bertz CT molecular complexity index is 1090. The third-order valence-corrected chi connectivity index (χ3v) is 5.62. The zero-order chi connectivity index (χ0) is 22.5. The van der Waals surface area contributed by atoms with Crippen LogP contribution in [0.25, 0.3) is 0 Å². The van der Waals surface area contributed by atoms with E-state index in [1.165, 1.54) is 11.1 Å². The van der Waals surface area contributed by atoms with Gasteiger partial charge in [-0.05, 0) is 50.5 Å². The molecule has 0 unspecified atom stereocenters. The van der Waals surface area contributed by atoms with Crippen molar-refractivity contribution in [2.24, 2.45) is 0 Å². The maximum atomic E-state index is 12.3. The van der Waals surface area contributed by atoms with Gasteiger partial charge < -0.3 is 19.5 Å². The standard InChI is InChI=1S/C25H29N3O4/c1-17-4-6-20(7-5-17)15-28-19(3)22(18(2)27-28)9-11-25(29)26-12-13-30-21-8-10-23-24(14-21)32-16-31-23/h4-8,10,14H,9,11-13,15-16H2,1-3H3,(H,26,29). The number of amides is 1. The van der Waals surface area contributed by atoms with Gasteiger partial charge in [-0.25, -0.2) is 0 Å². The number of hydrogen-bond acceptors (Lipinski definition) is 5. The van der Waals surface area contributed by atoms with Crippen LogP contribution in [0.4, 0.5) is 0 Å². The monoisotopic (exact) mass is 435 g/mol. The van der Waals surface area contributed by atoms with Gasteiger partial charge in [0.15, 0.2) is 11.5 Å². The molecule has 1 aromatic heterocycles. The van der Waals surface area contributed by atoms with Gasteiger partial charge in [0.25, 0.3) is 0 Å². The van der Waals surface area contributed by atoms with Crippen LogP contribution >= 0.6 is 0 Å². The number of carbonyl (C=O) groups is 1. The van der Waals surface area contributed by atoms with Crippen molar-refractivity contribution < 1.29 is 19.0 Å². The molecule has 0 aliphatic carbocycles. The van der Waals surface area contributed by atoms with Crippen LogP contribution in [0.5, 0.6) is 17.2 Å². The van der Waals surface area contributed by atoms with E-state index in [0.29, 0.717) is 37.5 Å². The first-order valence-corrected chi connectivity index (χ1v) is 10.9. The van der Waals surface area contributed by atoms with Gasteiger partial charge in [0.2, 0.25) is 12.7 Å². The zero-order valence-electron chi connectivity index (χ0n) is 18.8. The predicted molar refractivity (Wildman–Crippen MR) is 121 cm³/mol. The molecule has 1 aliphatic rings. The zero-order valence-corrected chi connectivity index (χ0v) is 18.8. The summed E-state index contributed by atoms with van der Waals surface area (Å²) in [5.41, 5.74) is 5.70. The molecule has 3 aromatic rings. The lowest BCUT2D eigenvalue weighted by molar-refractivity contribution is -0.121. The molecule has 2 aromatic carbocycles. The molecule has 1 aliphatic heterocycles. The Kier molecular flexibility index (Phi) is 6.63. The second-order valence-corrected chi connectivity index (χ2v) is 8.01. The molecule has 0 fully saturated rings. The number of aromatic nitrogens is 2. The Morgan fingerprint density at radius 1 is 1.09 bits per heavy atom. The summed E-state index contributed by atoms with van der Waals surface area (Å²) < 4.78 is 18.3. The van der Waals surface area contributed by atoms with Crippen molar-refractivity contribution in [3.8, 4) is 17.2 Å². The Hall–Kier alpha value is -3.48. The van der Waals surface area contributed by atoms with Gasteiger partial charge in [-0.1, -0.05) is 29.8 Å². The average Bonchev–Trinajstić information content (AvgIpc) is 3.35. The normalized spacial score (nSPS) is 12.1. The summed E-state index contributed by atoms with van der Waals surface area (Å²) in [5.74, 6) is 2.10. The second kappa shape index (κ2) is 9.77. The summed E-state index contributed by atoms with van der Waals surface area (Å²) in [6.45, 7) is 7.95. The van der Waals surface area contributed by atoms with Crippen molar-refractivity contribution in [2.45, 2.75) is 40.2 Å². The maximum Gasteiger partial charge on any atom is 0.231 e. The fourth-order valence-corrected chi connectivity index (χ4v) is 3.77. The van der Waals surface area contributed by atoms with Gasteiger partial charge in [0, 0.05) is 18.2 Å². The van der Waals surface area contributed by atoms with Gasteiger partial charge in [-0.2, -0.15) is 5.10 Å². The maximum absolute atomic E-state index is 12.3. The molecule has 168 valence electrons. The van der Waals surface area contributed by atoms with Crippen LogP contribution in [0.2, 0.25) is 0 Å². The minimum atomic E-state index is 0.00405. The number of ether oxygens (including phenoxy) is 3. The van der Waals surface area contributed by atoms with E-state index in [4.69, 9.17) is 14.2 Å². The molecule has 32 heavy (non-hydrogen) atoms. The van der Waals surface area contributed by atoms with Crippen LogP contribution < -0.4 is 19.5 Å². The number of hydrogen-bond donors (Lipinski definition) is 1. The van der Waals surface area contributed by atoms with E-state index >= 15 is 0 Å². The molecule has 2 heterocycles. The number of nitrogens with zero attached hydrogens (tertiary/aromatic N) is 2. The van der Waals surface area contributed by atoms with Crippen molar-refractivity contribution in [3.63, 3.8) is 0 Å². The van der Waals surface area contributed by atoms with E-state index in [2.05, 4.69) is 48.5 Å². The van der Waals surface area contributed by atoms with Gasteiger partial charge >= 0.3 is 0 Å². The highest BCUT2D eigenvalue weighted by Crippen LogP contribution is 2.35. The average molecular weight is 436 g/mol. The molecule has 1 N–H and O–H groups in total. The molecule has 7 nitrogen and oxygen atoms in total. The van der Waals surface area contributed by atoms with Gasteiger partial charge in [-0.3, -0.25) is 9.48 Å². The lowest BCUT2D eigenvalue weighted by Crippen LogP contribution is -2.28. The third-order valence-electron chi connectivity index (χ3n) is 5.62. The first kappa shape index (κ1) is 21.7. The van der Waals surface area contributed by atoms with Crippen molar-refractivity contribution in [3.05, 3.63) is 70.5 Å². The van der Waals surface area contributed by atoms with Gasteiger partial charge in [-0.15, -0.1) is 0 Å². The molecule has 0 atom stereocenters. The van der Waals surface area contributed by atoms with Crippen molar-refractivity contribution >= 4 is 5.91 Å². The quantitative estimate of drug-likeness (QED) is 0.519. The number of rotatable bonds is 9. The smallest absolute Gasteiger partial charge is 0.231 e. The summed E-state index contributed by atoms with van der Waals surface area (Å²) in [5, 5.41) is 7.60. The number of fused-ring (bicyclic) bond motifs is 1. The number of nitrogens with one attached hydrogen (secondary N) is 1. The van der Waals surface area contributed by atoms with Crippen molar-refractivity contribution in [2.75, 3.05) is 19.9 Å². The van der Waals surface area contributed by atoms with Crippen molar-refractivity contribution in [1.29, 1.82) is 0 Å². The fraction of sp³-hybridized carbons (Fsp3) is 0.360. The van der Waals surface area contributed by atoms with Gasteiger partial charge in [0.05, 0.1) is 18.8 Å². The highest BCUT2D eigenvalue weighted by atomic mass is 16.7. The number of carbonyl (C=O) groups excluding carboxylic acids is 1. The Balaban J connectivity index is 1.22. The first-order chi connectivity index (χ1) is 15.5. The molecule has 0 saturated carbocycles. The molecule has 0 bridgehead atoms. The topological polar surface area (TPSA) is 74.6 Å². The summed E-state index contributed by atoms with van der Waals surface area (Å²) in [6, 6.07) is 13.9. The molecule has 1 amide bonds. The van der Waals surface area contributed by atoms with Crippen LogP contribution in [-0.2, 0) is 17.8 Å². The lowest BCUT2D eigenvalue weighted by atomic mass is 10.1. The minimum Gasteiger partial charge on any atom is -0.492 e. The largest absolute Gasteiger partial charge is 0.492 e. The Labute approximate surface area is 188 Å². The molecule has 0 radical (unpaired) electrons. The number of aryl methyl sites for hydroxylation is 2. The van der Waals surface area contributed by atoms with Crippen LogP contribution in [0.1, 0.15) is 34.5 Å². The third kappa shape index (κ3) is 5.22. The number of benzene rings is 2. The summed E-state index contributed by atoms with van der Waals surface area (Å²) in [6.07, 6.45) is 1.09. The van der Waals surface area contributed by atoms with E-state index < -0.39 is 0 Å². The summed E-state index contributed by atoms with van der Waals surface area (Å²) >= 11 is 0. The molecular formula is C25H29N3O4. The summed E-state index contributed by atoms with van der Waals surface area (Å²) in [4.78, 5) is 12.3. The fourth-order valence-electron chi connectivity index (χ4n) is 3.77. The van der Waals surface area contributed by atoms with E-state index in [1.807, 2.05) is 23.7 Å². The van der Waals surface area contributed by atoms with Crippen LogP contribution in [0.15, 0.2) is 42.5 Å². The SMILES string of the molecule is Cc1ccc(Cn2nc(C)c(CCC(=O)NCCOc3ccc4c(c3)OCO4)c2C)cc1. The highest BCUT2D eigenvalue weighted by molar-refractivity contribution is 5.76. The van der Waals surface area contributed by atoms with E-state index in [0.717, 1.165) is 29.2 Å². The molecular weight excluding hydrogens is 406 g/mol. The Morgan fingerprint density at radius 2 is 1.88 bits per heavy atom. The Morgan fingerprint density at radius 3 is 2.69 bits per heavy atom.